The maximum Gasteiger partial charge on any atom is 0.309 e. The first-order valence-electron chi connectivity index (χ1n) is 14.1. The van der Waals surface area contributed by atoms with Crippen molar-refractivity contribution in [3.63, 3.8) is 0 Å². The molecule has 0 radical (unpaired) electrons. The van der Waals surface area contributed by atoms with Crippen LogP contribution in [0.4, 0.5) is 17.1 Å². The lowest BCUT2D eigenvalue weighted by Gasteiger charge is -2.32. The van der Waals surface area contributed by atoms with Gasteiger partial charge < -0.3 is 9.79 Å². The van der Waals surface area contributed by atoms with Gasteiger partial charge in [0.05, 0.1) is 11.4 Å². The van der Waals surface area contributed by atoms with E-state index in [1.54, 1.807) is 0 Å². The fraction of sp³-hybridized carbons (Fsp3) is 0.135. The molecule has 204 valence electrons. The van der Waals surface area contributed by atoms with Crippen LogP contribution in [0.2, 0.25) is 0 Å². The van der Waals surface area contributed by atoms with Crippen LogP contribution in [0.5, 0.6) is 0 Å². The molecule has 3 nitrogen and oxygen atoms in total. The van der Waals surface area contributed by atoms with Crippen molar-refractivity contribution < 1.29 is 9.46 Å². The summed E-state index contributed by atoms with van der Waals surface area (Å²) in [6.45, 7) is 4.31. The number of aryl methyl sites for hydroxylation is 2. The van der Waals surface area contributed by atoms with Crippen LogP contribution in [-0.2, 0) is 17.4 Å². The molecule has 1 unspecified atom stereocenters. The first-order valence-corrected chi connectivity index (χ1v) is 15.4. The lowest BCUT2D eigenvalue weighted by atomic mass is 9.92. The van der Waals surface area contributed by atoms with Gasteiger partial charge in [0.15, 0.2) is 0 Å². The fourth-order valence-corrected chi connectivity index (χ4v) is 5.88. The summed E-state index contributed by atoms with van der Waals surface area (Å²) in [4.78, 5) is 13.9. The molecule has 41 heavy (non-hydrogen) atoms. The van der Waals surface area contributed by atoms with Gasteiger partial charge in [0.2, 0.25) is 0 Å². The van der Waals surface area contributed by atoms with E-state index >= 15 is 0 Å². The van der Waals surface area contributed by atoms with Gasteiger partial charge in [-0.3, -0.25) is 0 Å². The van der Waals surface area contributed by atoms with Crippen LogP contribution in [0, 0.1) is 6.92 Å². The van der Waals surface area contributed by atoms with Crippen LogP contribution < -0.4 is 9.79 Å². The topological polar surface area (TPSA) is 43.4 Å². The second kappa shape index (κ2) is 13.4. The average molecular weight is 556 g/mol. The third-order valence-corrected chi connectivity index (χ3v) is 7.98. The van der Waals surface area contributed by atoms with Gasteiger partial charge in [0.25, 0.3) is 0 Å². The molecule has 0 aliphatic heterocycles. The Balaban J connectivity index is 1.80. The largest absolute Gasteiger partial charge is 0.596 e. The van der Waals surface area contributed by atoms with Crippen molar-refractivity contribution in [1.82, 2.24) is 0 Å². The molecule has 0 saturated heterocycles. The van der Waals surface area contributed by atoms with Gasteiger partial charge in [0.1, 0.15) is 6.16 Å². The minimum absolute atomic E-state index is 0.141. The van der Waals surface area contributed by atoms with Crippen molar-refractivity contribution in [2.75, 3.05) is 11.1 Å². The molecule has 4 heteroatoms. The molecular formula is C37H34NO2P. The molecule has 0 heterocycles. The van der Waals surface area contributed by atoms with Crippen molar-refractivity contribution in [3.8, 4) is 11.1 Å². The van der Waals surface area contributed by atoms with Crippen molar-refractivity contribution >= 4 is 37.2 Å². The van der Waals surface area contributed by atoms with Gasteiger partial charge in [0, 0.05) is 23.2 Å². The standard InChI is InChI=1S/C37H34NO2P/c1-3-33-31(26-27-41(39)40)23-25-36(35(33)24-22-29-15-7-4-8-16-29)38(32-19-11-6-12-20-32)37-28(2)14-13-21-34(37)30-17-9-5-10-18-30/h4-25H,3,26-27H2,1-2H3/b24-22+. The van der Waals surface area contributed by atoms with Gasteiger partial charge in [-0.1, -0.05) is 127 Å². The third-order valence-electron chi connectivity index (χ3n) is 7.39. The Bertz CT molecular complexity index is 1650. The minimum atomic E-state index is -2.45. The predicted octanol–water partition coefficient (Wildman–Crippen LogP) is 9.51. The zero-order chi connectivity index (χ0) is 28.6. The Hall–Kier alpha value is -4.30. The summed E-state index contributed by atoms with van der Waals surface area (Å²) in [6.07, 6.45) is 5.77. The Morgan fingerprint density at radius 1 is 0.756 bits per heavy atom. The minimum Gasteiger partial charge on any atom is -0.596 e. The van der Waals surface area contributed by atoms with E-state index in [4.69, 9.17) is 0 Å². The van der Waals surface area contributed by atoms with Crippen LogP contribution in [0.25, 0.3) is 23.3 Å². The summed E-state index contributed by atoms with van der Waals surface area (Å²) in [5.74, 6) is 0. The molecule has 1 atom stereocenters. The zero-order valence-electron chi connectivity index (χ0n) is 23.5. The molecule has 0 aliphatic rings. The molecule has 0 saturated carbocycles. The van der Waals surface area contributed by atoms with Crippen LogP contribution in [0.15, 0.2) is 121 Å². The Morgan fingerprint density at radius 3 is 2.07 bits per heavy atom. The molecule has 5 rings (SSSR count). The summed E-state index contributed by atoms with van der Waals surface area (Å²) in [6, 6.07) is 42.0. The normalized spacial score (nSPS) is 11.5. The van der Waals surface area contributed by atoms with E-state index in [0.29, 0.717) is 6.42 Å². The van der Waals surface area contributed by atoms with Gasteiger partial charge in [-0.25, -0.2) is 0 Å². The number of hydrogen-bond donors (Lipinski definition) is 0. The van der Waals surface area contributed by atoms with Crippen LogP contribution in [0.1, 0.15) is 34.7 Å². The number of rotatable bonds is 10. The van der Waals surface area contributed by atoms with Crippen molar-refractivity contribution in [2.24, 2.45) is 0 Å². The van der Waals surface area contributed by atoms with E-state index in [9.17, 15) is 9.46 Å². The van der Waals surface area contributed by atoms with E-state index in [1.165, 1.54) is 11.1 Å². The summed E-state index contributed by atoms with van der Waals surface area (Å²) in [7, 11) is -2.45. The monoisotopic (exact) mass is 555 g/mol. The lowest BCUT2D eigenvalue weighted by molar-refractivity contribution is -0.164. The summed E-state index contributed by atoms with van der Waals surface area (Å²) < 4.78 is 11.5. The molecule has 0 aromatic heterocycles. The van der Waals surface area contributed by atoms with E-state index in [0.717, 1.165) is 51.3 Å². The molecule has 0 bridgehead atoms. The first-order chi connectivity index (χ1) is 20.1. The van der Waals surface area contributed by atoms with E-state index in [-0.39, 0.29) is 6.16 Å². The van der Waals surface area contributed by atoms with E-state index in [2.05, 4.69) is 122 Å². The average Bonchev–Trinajstić information content (AvgIpc) is 3.01. The summed E-state index contributed by atoms with van der Waals surface area (Å²) in [5.41, 5.74) is 11.2. The highest BCUT2D eigenvalue weighted by atomic mass is 31.1. The predicted molar refractivity (Wildman–Crippen MR) is 172 cm³/mol. The zero-order valence-corrected chi connectivity index (χ0v) is 24.4. The molecule has 5 aromatic rings. The number of benzene rings is 5. The second-order valence-corrected chi connectivity index (χ2v) is 11.2. The quantitative estimate of drug-likeness (QED) is 0.127. The molecule has 0 amide bonds. The highest BCUT2D eigenvalue weighted by molar-refractivity contribution is 7.36. The van der Waals surface area contributed by atoms with Crippen molar-refractivity contribution in [3.05, 3.63) is 149 Å². The highest BCUT2D eigenvalue weighted by Crippen LogP contribution is 2.45. The van der Waals surface area contributed by atoms with E-state index in [1.807, 2.05) is 30.3 Å². The van der Waals surface area contributed by atoms with Crippen molar-refractivity contribution in [1.29, 1.82) is 0 Å². The highest BCUT2D eigenvalue weighted by Gasteiger charge is 2.23. The summed E-state index contributed by atoms with van der Waals surface area (Å²) >= 11 is 0. The second-order valence-electron chi connectivity index (χ2n) is 10.0. The van der Waals surface area contributed by atoms with Gasteiger partial charge >= 0.3 is 8.03 Å². The Labute approximate surface area is 244 Å². The van der Waals surface area contributed by atoms with Gasteiger partial charge in [-0.15, -0.1) is 0 Å². The molecular weight excluding hydrogens is 521 g/mol. The maximum atomic E-state index is 11.5. The molecule has 0 aliphatic carbocycles. The number of para-hydroxylation sites is 2. The number of nitrogens with zero attached hydrogens (tertiary/aromatic N) is 1. The van der Waals surface area contributed by atoms with Gasteiger partial charge in [-0.05, 0) is 59.4 Å². The molecule has 0 fully saturated rings. The maximum absolute atomic E-state index is 11.5. The van der Waals surface area contributed by atoms with Crippen molar-refractivity contribution in [2.45, 2.75) is 26.7 Å². The first kappa shape index (κ1) is 28.2. The SMILES string of the molecule is CCc1c(CC[P+](=O)[O-])ccc(N(c2ccccc2)c2c(C)cccc2-c2ccccc2)c1/C=C/c1ccccc1. The Morgan fingerprint density at radius 2 is 1.41 bits per heavy atom. The summed E-state index contributed by atoms with van der Waals surface area (Å²) in [5, 5.41) is 0. The van der Waals surface area contributed by atoms with Gasteiger partial charge in [-0.2, -0.15) is 0 Å². The van der Waals surface area contributed by atoms with Crippen LogP contribution >= 0.6 is 8.03 Å². The van der Waals surface area contributed by atoms with E-state index < -0.39 is 8.03 Å². The van der Waals surface area contributed by atoms with Crippen LogP contribution in [-0.4, -0.2) is 6.16 Å². The van der Waals surface area contributed by atoms with Crippen LogP contribution in [0.3, 0.4) is 0 Å². The molecule has 0 spiro atoms. The lowest BCUT2D eigenvalue weighted by Crippen LogP contribution is -2.15. The number of hydrogen-bond acceptors (Lipinski definition) is 3. The number of anilines is 3. The fourth-order valence-electron chi connectivity index (χ4n) is 5.46. The molecule has 5 aromatic carbocycles. The smallest absolute Gasteiger partial charge is 0.309 e. The molecule has 0 N–H and O–H groups in total. The third kappa shape index (κ3) is 6.55. The Kier molecular flexibility index (Phi) is 9.21.